The van der Waals surface area contributed by atoms with Gasteiger partial charge < -0.3 is 14.7 Å². The number of rotatable bonds is 7. The molecular weight excluding hydrogens is 713 g/mol. The van der Waals surface area contributed by atoms with Gasteiger partial charge in [0.25, 0.3) is 6.71 Å². The summed E-state index contributed by atoms with van der Waals surface area (Å²) in [7, 11) is 0. The van der Waals surface area contributed by atoms with Crippen molar-refractivity contribution >= 4 is 74.3 Å². The van der Waals surface area contributed by atoms with Crippen LogP contribution < -0.4 is 31.1 Å². The molecule has 2 aliphatic carbocycles. The van der Waals surface area contributed by atoms with Crippen LogP contribution in [0.1, 0.15) is 11.1 Å². The molecule has 0 fully saturated rings. The summed E-state index contributed by atoms with van der Waals surface area (Å²) in [5.41, 5.74) is 22.5. The molecule has 0 spiro atoms. The Labute approximate surface area is 345 Å². The molecule has 4 heteroatoms. The lowest BCUT2D eigenvalue weighted by Gasteiger charge is -2.47. The average Bonchev–Trinajstić information content (AvgIpc) is 3.30. The quantitative estimate of drug-likeness (QED) is 0.150. The van der Waals surface area contributed by atoms with Gasteiger partial charge >= 0.3 is 0 Å². The number of anilines is 9. The van der Waals surface area contributed by atoms with Crippen LogP contribution in [0.5, 0.6) is 0 Å². The number of hydrogen-bond donors (Lipinski definition) is 0. The van der Waals surface area contributed by atoms with E-state index in [9.17, 15) is 0 Å². The highest BCUT2D eigenvalue weighted by Gasteiger charge is 2.47. The van der Waals surface area contributed by atoms with Gasteiger partial charge in [-0.2, -0.15) is 0 Å². The molecule has 59 heavy (non-hydrogen) atoms. The van der Waals surface area contributed by atoms with E-state index < -0.39 is 0 Å². The second kappa shape index (κ2) is 13.5. The average molecular weight is 752 g/mol. The normalized spacial score (nSPS) is 12.9. The fraction of sp³-hybridized carbons (Fsp3) is 0.0182. The smallest absolute Gasteiger partial charge is 0.252 e. The summed E-state index contributed by atoms with van der Waals surface area (Å²) in [5, 5.41) is 0. The zero-order chi connectivity index (χ0) is 38.9. The summed E-state index contributed by atoms with van der Waals surface area (Å²) in [6, 6.07) is 79.9. The Morgan fingerprint density at radius 3 is 1.59 bits per heavy atom. The Morgan fingerprint density at radius 1 is 0.390 bits per heavy atom. The Balaban J connectivity index is 1.17. The van der Waals surface area contributed by atoms with E-state index in [1.807, 2.05) is 0 Å². The maximum Gasteiger partial charge on any atom is 0.252 e. The lowest BCUT2D eigenvalue weighted by Crippen LogP contribution is -2.63. The minimum absolute atomic E-state index is 0.0223. The highest BCUT2D eigenvalue weighted by Crippen LogP contribution is 2.52. The fourth-order valence-corrected chi connectivity index (χ4v) is 9.92. The van der Waals surface area contributed by atoms with Crippen LogP contribution in [0, 0.1) is 0 Å². The van der Waals surface area contributed by atoms with Gasteiger partial charge in [0, 0.05) is 56.6 Å². The molecule has 2 heterocycles. The van der Waals surface area contributed by atoms with Crippen molar-refractivity contribution in [3.8, 4) is 22.3 Å². The monoisotopic (exact) mass is 751 g/mol. The van der Waals surface area contributed by atoms with E-state index >= 15 is 0 Å². The topological polar surface area (TPSA) is 9.72 Å². The zero-order valence-electron chi connectivity index (χ0n) is 32.4. The number of hydrogen-bond acceptors (Lipinski definition) is 3. The molecule has 2 aliphatic heterocycles. The largest absolute Gasteiger partial charge is 0.311 e. The summed E-state index contributed by atoms with van der Waals surface area (Å²) < 4.78 is 0. The molecule has 3 nitrogen and oxygen atoms in total. The summed E-state index contributed by atoms with van der Waals surface area (Å²) in [6.45, 7) is 0.0223. The van der Waals surface area contributed by atoms with Gasteiger partial charge in [-0.05, 0) is 112 Å². The molecule has 2 bridgehead atoms. The van der Waals surface area contributed by atoms with Gasteiger partial charge in [-0.15, -0.1) is 0 Å². The first kappa shape index (κ1) is 33.6. The van der Waals surface area contributed by atoms with Crippen LogP contribution in [-0.4, -0.2) is 6.71 Å². The van der Waals surface area contributed by atoms with Crippen LogP contribution in [0.3, 0.4) is 0 Å². The van der Waals surface area contributed by atoms with E-state index in [-0.39, 0.29) is 6.71 Å². The number of fused-ring (bicyclic) bond motifs is 2. The molecule has 4 aliphatic rings. The molecule has 0 aromatic heterocycles. The summed E-state index contributed by atoms with van der Waals surface area (Å²) in [5.74, 6) is 0. The van der Waals surface area contributed by atoms with E-state index in [1.165, 1.54) is 78.2 Å². The van der Waals surface area contributed by atoms with Gasteiger partial charge in [-0.25, -0.2) is 0 Å². The third-order valence-corrected chi connectivity index (χ3v) is 12.4. The maximum absolute atomic E-state index is 2.61. The van der Waals surface area contributed by atoms with Crippen molar-refractivity contribution in [2.75, 3.05) is 14.7 Å². The third-order valence-electron chi connectivity index (χ3n) is 12.4. The van der Waals surface area contributed by atoms with Gasteiger partial charge in [-0.3, -0.25) is 0 Å². The Bertz CT molecular complexity index is 2990. The van der Waals surface area contributed by atoms with Gasteiger partial charge in [0.05, 0.1) is 5.69 Å². The van der Waals surface area contributed by atoms with Crippen LogP contribution in [0.15, 0.2) is 218 Å². The zero-order valence-corrected chi connectivity index (χ0v) is 32.4. The lowest BCUT2D eigenvalue weighted by molar-refractivity contribution is 1.09. The Morgan fingerprint density at radius 2 is 0.932 bits per heavy atom. The van der Waals surface area contributed by atoms with Crippen molar-refractivity contribution in [3.63, 3.8) is 0 Å². The van der Waals surface area contributed by atoms with Crippen LogP contribution >= 0.6 is 0 Å². The molecule has 0 N–H and O–H groups in total. The highest BCUT2D eigenvalue weighted by atomic mass is 15.2. The minimum atomic E-state index is 0.0223. The van der Waals surface area contributed by atoms with Crippen LogP contribution in [0.25, 0.3) is 22.3 Å². The van der Waals surface area contributed by atoms with Crippen LogP contribution in [0.2, 0.25) is 0 Å². The Kier molecular flexibility index (Phi) is 7.70. The standard InChI is InChI=1S/C55H38BN3/c1-6-19-38(20-7-1)46-29-16-17-30-48(46)59-50-32-18-31-49-54(50)56(53-41-35-40(36-41)52(55(53)59)39-21-8-2-9-22-39)47-34-33-45(37-51(47)58(49)44-27-14-5-15-28-44)57(42-23-10-3-11-24-42)43-25-12-4-13-26-43/h1-35,37H,36H2. The molecule has 9 aromatic rings. The first-order chi connectivity index (χ1) is 29.3. The molecule has 0 saturated carbocycles. The van der Waals surface area contributed by atoms with Crippen molar-refractivity contribution in [2.24, 2.45) is 0 Å². The number of nitrogens with zero attached hydrogens (tertiary/aromatic N) is 3. The lowest BCUT2D eigenvalue weighted by atomic mass is 9.32. The van der Waals surface area contributed by atoms with Crippen molar-refractivity contribution in [2.45, 2.75) is 6.42 Å². The van der Waals surface area contributed by atoms with Crippen LogP contribution in [0.4, 0.5) is 51.2 Å². The van der Waals surface area contributed by atoms with Gasteiger partial charge in [0.1, 0.15) is 0 Å². The van der Waals surface area contributed by atoms with Crippen molar-refractivity contribution in [1.82, 2.24) is 0 Å². The fourth-order valence-electron chi connectivity index (χ4n) is 9.92. The highest BCUT2D eigenvalue weighted by molar-refractivity contribution is 7.00. The van der Waals surface area contributed by atoms with E-state index in [0.717, 1.165) is 29.2 Å². The van der Waals surface area contributed by atoms with Gasteiger partial charge in [-0.1, -0.05) is 152 Å². The summed E-state index contributed by atoms with van der Waals surface area (Å²) in [6.07, 6.45) is 0.969. The third kappa shape index (κ3) is 5.23. The van der Waals surface area contributed by atoms with Crippen molar-refractivity contribution in [3.05, 3.63) is 230 Å². The van der Waals surface area contributed by atoms with E-state index in [0.29, 0.717) is 0 Å². The van der Waals surface area contributed by atoms with Crippen LogP contribution in [-0.2, 0) is 6.42 Å². The maximum atomic E-state index is 2.61. The molecule has 0 unspecified atom stereocenters. The molecular formula is C55H38BN3. The molecule has 0 atom stereocenters. The molecule has 13 rings (SSSR count). The van der Waals surface area contributed by atoms with Crippen molar-refractivity contribution in [1.29, 1.82) is 0 Å². The summed E-state index contributed by atoms with van der Waals surface area (Å²) in [4.78, 5) is 7.49. The predicted octanol–water partition coefficient (Wildman–Crippen LogP) is 12.5. The second-order valence-electron chi connectivity index (χ2n) is 15.7. The second-order valence-corrected chi connectivity index (χ2v) is 15.7. The first-order valence-corrected chi connectivity index (χ1v) is 20.5. The van der Waals surface area contributed by atoms with Gasteiger partial charge in [0.15, 0.2) is 0 Å². The number of para-hydroxylation sites is 4. The molecule has 0 saturated heterocycles. The van der Waals surface area contributed by atoms with E-state index in [1.54, 1.807) is 0 Å². The molecule has 276 valence electrons. The predicted molar refractivity (Wildman–Crippen MR) is 249 cm³/mol. The number of benzene rings is 9. The van der Waals surface area contributed by atoms with Crippen molar-refractivity contribution < 1.29 is 0 Å². The van der Waals surface area contributed by atoms with E-state index in [2.05, 4.69) is 233 Å². The van der Waals surface area contributed by atoms with E-state index in [4.69, 9.17) is 0 Å². The molecule has 0 amide bonds. The summed E-state index contributed by atoms with van der Waals surface area (Å²) >= 11 is 0. The molecule has 9 aromatic carbocycles. The first-order valence-electron chi connectivity index (χ1n) is 20.5. The van der Waals surface area contributed by atoms with Gasteiger partial charge in [0.2, 0.25) is 0 Å². The Hall–Kier alpha value is -7.56. The minimum Gasteiger partial charge on any atom is -0.311 e. The SMILES string of the molecule is c1ccc(-c2ccccc2N2c3cccc4c3B(c3ccc(N(c5ccccc5)c5ccccc5)cc3N4c3ccccc3)c3c4cc(c(-c5ccccc5)c32)C4)cc1. The molecule has 0 radical (unpaired) electrons.